The highest BCUT2D eigenvalue weighted by Gasteiger charge is 2.07. The third-order valence-corrected chi connectivity index (χ3v) is 3.66. The number of thiazole rings is 1. The number of hydrogen-bond donors (Lipinski definition) is 1. The van der Waals surface area contributed by atoms with Crippen molar-refractivity contribution in [1.82, 2.24) is 10.3 Å². The van der Waals surface area contributed by atoms with Gasteiger partial charge in [-0.15, -0.1) is 11.3 Å². The number of nitrogens with zero attached hydrogens (tertiary/aromatic N) is 1. The highest BCUT2D eigenvalue weighted by atomic mass is 32.1. The second-order valence-electron chi connectivity index (χ2n) is 4.45. The molecular formula is C15H18N2O3S. The van der Waals surface area contributed by atoms with Crippen molar-refractivity contribution in [2.24, 2.45) is 0 Å². The van der Waals surface area contributed by atoms with Crippen LogP contribution in [0.5, 0.6) is 11.5 Å². The van der Waals surface area contributed by atoms with Gasteiger partial charge in [-0.25, -0.2) is 4.98 Å². The van der Waals surface area contributed by atoms with Crippen LogP contribution in [0.25, 0.3) is 0 Å². The smallest absolute Gasteiger partial charge is 0.220 e. The molecule has 0 aliphatic heterocycles. The fourth-order valence-corrected chi connectivity index (χ4v) is 2.48. The van der Waals surface area contributed by atoms with Crippen LogP contribution in [0.2, 0.25) is 0 Å². The Morgan fingerprint density at radius 2 is 2.10 bits per heavy atom. The van der Waals surface area contributed by atoms with Crippen LogP contribution in [0.4, 0.5) is 0 Å². The number of amides is 1. The Morgan fingerprint density at radius 1 is 1.29 bits per heavy atom. The van der Waals surface area contributed by atoms with Crippen molar-refractivity contribution in [1.29, 1.82) is 0 Å². The molecular weight excluding hydrogens is 288 g/mol. The van der Waals surface area contributed by atoms with Crippen molar-refractivity contribution in [3.63, 3.8) is 0 Å². The zero-order chi connectivity index (χ0) is 15.1. The standard InChI is InChI=1S/C15H18N2O3S/c1-19-13-5-3-11(7-14(13)20-2)8-16-15(18)6-4-12-9-21-10-17-12/h3,5,7,9-10H,4,6,8H2,1-2H3,(H,16,18). The van der Waals surface area contributed by atoms with Crippen LogP contribution in [-0.4, -0.2) is 25.1 Å². The summed E-state index contributed by atoms with van der Waals surface area (Å²) in [6.07, 6.45) is 1.11. The summed E-state index contributed by atoms with van der Waals surface area (Å²) in [7, 11) is 3.19. The third-order valence-electron chi connectivity index (χ3n) is 3.03. The SMILES string of the molecule is COc1ccc(CNC(=O)CCc2cscn2)cc1OC. The molecule has 0 atom stereocenters. The Bertz CT molecular complexity index is 585. The topological polar surface area (TPSA) is 60.5 Å². The molecule has 6 heteroatoms. The van der Waals surface area contributed by atoms with Crippen molar-refractivity contribution in [2.45, 2.75) is 19.4 Å². The molecule has 1 aromatic carbocycles. The Labute approximate surface area is 127 Å². The molecule has 0 aliphatic carbocycles. The second-order valence-corrected chi connectivity index (χ2v) is 5.16. The Hall–Kier alpha value is -2.08. The van der Waals surface area contributed by atoms with Gasteiger partial charge in [0.15, 0.2) is 11.5 Å². The van der Waals surface area contributed by atoms with E-state index in [0.29, 0.717) is 30.9 Å². The molecule has 1 N–H and O–H groups in total. The predicted molar refractivity (Wildman–Crippen MR) is 81.8 cm³/mol. The molecule has 0 saturated carbocycles. The van der Waals surface area contributed by atoms with E-state index in [1.165, 1.54) is 0 Å². The lowest BCUT2D eigenvalue weighted by Crippen LogP contribution is -2.23. The first-order valence-corrected chi connectivity index (χ1v) is 7.52. The predicted octanol–water partition coefficient (Wildman–Crippen LogP) is 2.41. The largest absolute Gasteiger partial charge is 0.493 e. The fourth-order valence-electron chi connectivity index (χ4n) is 1.88. The van der Waals surface area contributed by atoms with E-state index in [4.69, 9.17) is 9.47 Å². The van der Waals surface area contributed by atoms with Crippen LogP contribution in [0.15, 0.2) is 29.1 Å². The van der Waals surface area contributed by atoms with Gasteiger partial charge >= 0.3 is 0 Å². The first-order chi connectivity index (χ1) is 10.2. The van der Waals surface area contributed by atoms with E-state index in [9.17, 15) is 4.79 Å². The van der Waals surface area contributed by atoms with E-state index in [1.807, 2.05) is 23.6 Å². The summed E-state index contributed by atoms with van der Waals surface area (Å²) >= 11 is 1.54. The van der Waals surface area contributed by atoms with Gasteiger partial charge in [-0.2, -0.15) is 0 Å². The molecule has 112 valence electrons. The highest BCUT2D eigenvalue weighted by molar-refractivity contribution is 7.07. The summed E-state index contributed by atoms with van der Waals surface area (Å²) in [5, 5.41) is 4.85. The number of rotatable bonds is 7. The van der Waals surface area contributed by atoms with Gasteiger partial charge in [-0.05, 0) is 24.1 Å². The van der Waals surface area contributed by atoms with Crippen LogP contribution < -0.4 is 14.8 Å². The monoisotopic (exact) mass is 306 g/mol. The van der Waals surface area contributed by atoms with Gasteiger partial charge in [0.1, 0.15) is 0 Å². The zero-order valence-corrected chi connectivity index (χ0v) is 12.9. The molecule has 0 spiro atoms. The highest BCUT2D eigenvalue weighted by Crippen LogP contribution is 2.27. The molecule has 0 saturated heterocycles. The summed E-state index contributed by atoms with van der Waals surface area (Å²) in [5.74, 6) is 1.35. The number of carbonyl (C=O) groups is 1. The van der Waals surface area contributed by atoms with Crippen LogP contribution in [0, 0.1) is 0 Å². The molecule has 2 aromatic rings. The molecule has 21 heavy (non-hydrogen) atoms. The molecule has 1 heterocycles. The van der Waals surface area contributed by atoms with E-state index in [1.54, 1.807) is 31.1 Å². The average Bonchev–Trinajstić information content (AvgIpc) is 3.04. The van der Waals surface area contributed by atoms with Crippen LogP contribution in [-0.2, 0) is 17.8 Å². The fraction of sp³-hybridized carbons (Fsp3) is 0.333. The summed E-state index contributed by atoms with van der Waals surface area (Å²) in [5.41, 5.74) is 3.70. The molecule has 0 radical (unpaired) electrons. The third kappa shape index (κ3) is 4.46. The molecule has 1 amide bonds. The van der Waals surface area contributed by atoms with Gasteiger partial charge in [-0.3, -0.25) is 4.79 Å². The van der Waals surface area contributed by atoms with Crippen LogP contribution >= 0.6 is 11.3 Å². The van der Waals surface area contributed by atoms with Gasteiger partial charge in [-0.1, -0.05) is 6.07 Å². The van der Waals surface area contributed by atoms with E-state index < -0.39 is 0 Å². The molecule has 5 nitrogen and oxygen atoms in total. The molecule has 0 aliphatic rings. The number of carbonyl (C=O) groups excluding carboxylic acids is 1. The van der Waals surface area contributed by atoms with E-state index in [2.05, 4.69) is 10.3 Å². The van der Waals surface area contributed by atoms with Crippen LogP contribution in [0.1, 0.15) is 17.7 Å². The summed E-state index contributed by atoms with van der Waals surface area (Å²) < 4.78 is 10.4. The van der Waals surface area contributed by atoms with Crippen molar-refractivity contribution in [2.75, 3.05) is 14.2 Å². The normalized spacial score (nSPS) is 10.2. The lowest BCUT2D eigenvalue weighted by Gasteiger charge is -2.10. The number of nitrogens with one attached hydrogen (secondary N) is 1. The number of aryl methyl sites for hydroxylation is 1. The van der Waals surface area contributed by atoms with Crippen LogP contribution in [0.3, 0.4) is 0 Å². The molecule has 0 fully saturated rings. The quantitative estimate of drug-likeness (QED) is 0.853. The number of methoxy groups -OCH3 is 2. The van der Waals surface area contributed by atoms with Gasteiger partial charge in [0, 0.05) is 18.3 Å². The number of benzene rings is 1. The van der Waals surface area contributed by atoms with Gasteiger partial charge < -0.3 is 14.8 Å². The molecule has 0 bridgehead atoms. The summed E-state index contributed by atoms with van der Waals surface area (Å²) in [6, 6.07) is 5.59. The van der Waals surface area contributed by atoms with E-state index >= 15 is 0 Å². The number of ether oxygens (including phenoxy) is 2. The maximum atomic E-state index is 11.8. The number of aromatic nitrogens is 1. The van der Waals surface area contributed by atoms with Crippen molar-refractivity contribution in [3.05, 3.63) is 40.3 Å². The first-order valence-electron chi connectivity index (χ1n) is 6.57. The molecule has 0 unspecified atom stereocenters. The maximum Gasteiger partial charge on any atom is 0.220 e. The lowest BCUT2D eigenvalue weighted by atomic mass is 10.2. The maximum absolute atomic E-state index is 11.8. The van der Waals surface area contributed by atoms with Crippen molar-refractivity contribution >= 4 is 17.2 Å². The minimum absolute atomic E-state index is 0.0118. The van der Waals surface area contributed by atoms with Crippen molar-refractivity contribution in [3.8, 4) is 11.5 Å². The average molecular weight is 306 g/mol. The Morgan fingerprint density at radius 3 is 2.76 bits per heavy atom. The van der Waals surface area contributed by atoms with E-state index in [-0.39, 0.29) is 5.91 Å². The second kappa shape index (κ2) is 7.64. The minimum Gasteiger partial charge on any atom is -0.493 e. The number of hydrogen-bond acceptors (Lipinski definition) is 5. The Kier molecular flexibility index (Phi) is 5.57. The zero-order valence-electron chi connectivity index (χ0n) is 12.1. The van der Waals surface area contributed by atoms with Gasteiger partial charge in [0.05, 0.1) is 25.4 Å². The van der Waals surface area contributed by atoms with E-state index in [0.717, 1.165) is 11.3 Å². The lowest BCUT2D eigenvalue weighted by molar-refractivity contribution is -0.121. The van der Waals surface area contributed by atoms with Gasteiger partial charge in [0.2, 0.25) is 5.91 Å². The Balaban J connectivity index is 1.83. The summed E-state index contributed by atoms with van der Waals surface area (Å²) in [6.45, 7) is 0.469. The van der Waals surface area contributed by atoms with Gasteiger partial charge in [0.25, 0.3) is 0 Å². The molecule has 2 rings (SSSR count). The van der Waals surface area contributed by atoms with Crippen molar-refractivity contribution < 1.29 is 14.3 Å². The summed E-state index contributed by atoms with van der Waals surface area (Å²) in [4.78, 5) is 16.0. The first kappa shape index (κ1) is 15.3. The molecule has 1 aromatic heterocycles. The minimum atomic E-state index is 0.0118.